The summed E-state index contributed by atoms with van der Waals surface area (Å²) < 4.78 is 2.19. The maximum atomic E-state index is 9.04. The molecule has 0 radical (unpaired) electrons. The van der Waals surface area contributed by atoms with Gasteiger partial charge in [-0.2, -0.15) is 5.26 Å². The molecule has 130 valence electrons. The van der Waals surface area contributed by atoms with Gasteiger partial charge in [0.05, 0.1) is 11.0 Å². The van der Waals surface area contributed by atoms with E-state index in [9.17, 15) is 0 Å². The van der Waals surface area contributed by atoms with Crippen LogP contribution in [-0.4, -0.2) is 45.7 Å². The van der Waals surface area contributed by atoms with E-state index >= 15 is 0 Å². The Morgan fingerprint density at radius 2 is 1.73 bits per heavy atom. The van der Waals surface area contributed by atoms with E-state index in [4.69, 9.17) is 10.2 Å². The average molecular weight is 345 g/mol. The lowest BCUT2D eigenvalue weighted by Gasteiger charge is -2.22. The maximum absolute atomic E-state index is 9.04. The number of anilines is 2. The minimum absolute atomic E-state index is 0.424. The van der Waals surface area contributed by atoms with Gasteiger partial charge < -0.3 is 14.4 Å². The highest BCUT2D eigenvalue weighted by Gasteiger charge is 2.42. The number of hydrogen-bond acceptors (Lipinski definition) is 6. The van der Waals surface area contributed by atoms with Gasteiger partial charge >= 0.3 is 0 Å². The van der Waals surface area contributed by atoms with Gasteiger partial charge in [-0.3, -0.25) is 0 Å². The highest BCUT2D eigenvalue weighted by atomic mass is 15.4. The number of imidazole rings is 1. The lowest BCUT2D eigenvalue weighted by atomic mass is 10.0. The molecule has 2 saturated heterocycles. The van der Waals surface area contributed by atoms with Crippen molar-refractivity contribution in [2.45, 2.75) is 0 Å². The molecule has 2 fully saturated rings. The number of aromatic nitrogens is 4. The van der Waals surface area contributed by atoms with Crippen molar-refractivity contribution in [3.63, 3.8) is 0 Å². The number of aryl methyl sites for hydroxylation is 1. The van der Waals surface area contributed by atoms with Gasteiger partial charge in [-0.1, -0.05) is 12.1 Å². The number of fused-ring (bicyclic) bond motifs is 2. The van der Waals surface area contributed by atoms with Gasteiger partial charge in [0.2, 0.25) is 11.9 Å². The average Bonchev–Trinajstić information content (AvgIpc) is 3.33. The Balaban J connectivity index is 1.35. The third-order valence-electron chi connectivity index (χ3n) is 5.57. The van der Waals surface area contributed by atoms with E-state index in [-0.39, 0.29) is 0 Å². The molecule has 0 spiro atoms. The second-order valence-electron chi connectivity index (χ2n) is 7.14. The lowest BCUT2D eigenvalue weighted by Crippen LogP contribution is -2.31. The molecule has 2 aliphatic heterocycles. The Morgan fingerprint density at radius 3 is 2.46 bits per heavy atom. The van der Waals surface area contributed by atoms with Crippen molar-refractivity contribution in [3.8, 4) is 6.07 Å². The summed E-state index contributed by atoms with van der Waals surface area (Å²) in [6, 6.07) is 12.0. The van der Waals surface area contributed by atoms with E-state index in [0.717, 1.165) is 37.6 Å². The van der Waals surface area contributed by atoms with E-state index in [1.165, 1.54) is 5.52 Å². The van der Waals surface area contributed by atoms with Crippen LogP contribution in [0.3, 0.4) is 0 Å². The summed E-state index contributed by atoms with van der Waals surface area (Å²) in [4.78, 5) is 18.1. The van der Waals surface area contributed by atoms with Crippen LogP contribution in [0.1, 0.15) is 5.69 Å². The van der Waals surface area contributed by atoms with Crippen LogP contribution in [0.5, 0.6) is 0 Å². The molecule has 3 aromatic rings. The van der Waals surface area contributed by atoms with E-state index in [1.54, 1.807) is 12.3 Å². The monoisotopic (exact) mass is 345 g/mol. The first-order valence-corrected chi connectivity index (χ1v) is 8.87. The van der Waals surface area contributed by atoms with E-state index in [0.29, 0.717) is 23.5 Å². The fraction of sp³-hybridized carbons (Fsp3) is 0.368. The number of benzene rings is 1. The molecule has 2 atom stereocenters. The molecule has 4 heterocycles. The lowest BCUT2D eigenvalue weighted by molar-refractivity contribution is 0.533. The second kappa shape index (κ2) is 5.70. The van der Waals surface area contributed by atoms with Crippen LogP contribution in [-0.2, 0) is 7.05 Å². The van der Waals surface area contributed by atoms with Crippen molar-refractivity contribution >= 4 is 22.9 Å². The summed E-state index contributed by atoms with van der Waals surface area (Å²) in [6.07, 6.45) is 1.67. The molecule has 2 aromatic heterocycles. The highest BCUT2D eigenvalue weighted by molar-refractivity contribution is 5.78. The largest absolute Gasteiger partial charge is 0.342 e. The number of para-hydroxylation sites is 2. The zero-order chi connectivity index (χ0) is 17.7. The van der Waals surface area contributed by atoms with Gasteiger partial charge in [0, 0.05) is 51.3 Å². The van der Waals surface area contributed by atoms with E-state index < -0.39 is 0 Å². The molecule has 0 saturated carbocycles. The smallest absolute Gasteiger partial charge is 0.226 e. The Bertz CT molecular complexity index is 1000. The first-order chi connectivity index (χ1) is 12.7. The molecular formula is C19H19N7. The number of nitrogens with zero attached hydrogens (tertiary/aromatic N) is 7. The fourth-order valence-electron chi connectivity index (χ4n) is 4.30. The molecule has 0 aliphatic carbocycles. The third-order valence-corrected chi connectivity index (χ3v) is 5.57. The molecule has 0 N–H and O–H groups in total. The molecule has 7 heteroatoms. The summed E-state index contributed by atoms with van der Waals surface area (Å²) in [7, 11) is 2.09. The highest BCUT2D eigenvalue weighted by Crippen LogP contribution is 2.35. The van der Waals surface area contributed by atoms with Gasteiger partial charge in [-0.05, 0) is 18.2 Å². The Hall–Kier alpha value is -3.14. The van der Waals surface area contributed by atoms with Gasteiger partial charge in [0.1, 0.15) is 11.8 Å². The number of hydrogen-bond donors (Lipinski definition) is 0. The van der Waals surface area contributed by atoms with E-state index in [2.05, 4.69) is 55.7 Å². The first kappa shape index (κ1) is 15.1. The Kier molecular flexibility index (Phi) is 3.32. The maximum Gasteiger partial charge on any atom is 0.226 e. The summed E-state index contributed by atoms with van der Waals surface area (Å²) in [5, 5.41) is 9.04. The van der Waals surface area contributed by atoms with Crippen molar-refractivity contribution in [1.82, 2.24) is 19.5 Å². The Morgan fingerprint density at radius 1 is 1.00 bits per heavy atom. The first-order valence-electron chi connectivity index (χ1n) is 8.87. The molecule has 2 aliphatic rings. The fourth-order valence-corrected chi connectivity index (χ4v) is 4.30. The predicted octanol–water partition coefficient (Wildman–Crippen LogP) is 1.81. The van der Waals surface area contributed by atoms with Crippen molar-refractivity contribution in [2.24, 2.45) is 18.9 Å². The van der Waals surface area contributed by atoms with Crippen LogP contribution in [0.4, 0.5) is 11.9 Å². The van der Waals surface area contributed by atoms with Gasteiger partial charge in [0.15, 0.2) is 0 Å². The van der Waals surface area contributed by atoms with Crippen LogP contribution in [0, 0.1) is 23.2 Å². The molecule has 1 aromatic carbocycles. The van der Waals surface area contributed by atoms with Crippen LogP contribution < -0.4 is 9.80 Å². The third kappa shape index (κ3) is 2.30. The minimum atomic E-state index is 0.424. The molecule has 2 unspecified atom stereocenters. The van der Waals surface area contributed by atoms with Crippen LogP contribution in [0.2, 0.25) is 0 Å². The SMILES string of the molecule is Cn1c(N2CC3CN(c4nccc(C#N)n4)CC3C2)nc2ccccc21. The topological polar surface area (TPSA) is 73.9 Å². The molecule has 0 bridgehead atoms. The number of rotatable bonds is 2. The molecule has 7 nitrogen and oxygen atoms in total. The van der Waals surface area contributed by atoms with Gasteiger partial charge in [-0.25, -0.2) is 15.0 Å². The van der Waals surface area contributed by atoms with E-state index in [1.807, 2.05) is 6.07 Å². The normalized spacial score (nSPS) is 22.0. The van der Waals surface area contributed by atoms with Crippen molar-refractivity contribution in [3.05, 3.63) is 42.2 Å². The number of nitriles is 1. The molecule has 26 heavy (non-hydrogen) atoms. The van der Waals surface area contributed by atoms with Crippen molar-refractivity contribution in [2.75, 3.05) is 36.0 Å². The van der Waals surface area contributed by atoms with Gasteiger partial charge in [0.25, 0.3) is 0 Å². The molecule has 0 amide bonds. The minimum Gasteiger partial charge on any atom is -0.342 e. The van der Waals surface area contributed by atoms with Crippen molar-refractivity contribution < 1.29 is 0 Å². The standard InChI is InChI=1S/C19H19N7/c1-24-17-5-3-2-4-16(17)23-19(24)26-11-13-9-25(10-14(13)12-26)18-21-7-6-15(8-20)22-18/h2-7,13-14H,9-12H2,1H3. The summed E-state index contributed by atoms with van der Waals surface area (Å²) in [5.41, 5.74) is 2.64. The van der Waals surface area contributed by atoms with Gasteiger partial charge in [-0.15, -0.1) is 0 Å². The Labute approximate surface area is 151 Å². The summed E-state index contributed by atoms with van der Waals surface area (Å²) >= 11 is 0. The zero-order valence-electron chi connectivity index (χ0n) is 14.6. The van der Waals surface area contributed by atoms with Crippen LogP contribution in [0.25, 0.3) is 11.0 Å². The second-order valence-corrected chi connectivity index (χ2v) is 7.14. The summed E-state index contributed by atoms with van der Waals surface area (Å²) in [5.74, 6) is 2.87. The predicted molar refractivity (Wildman–Crippen MR) is 98.9 cm³/mol. The summed E-state index contributed by atoms with van der Waals surface area (Å²) in [6.45, 7) is 3.85. The molecule has 5 rings (SSSR count). The quantitative estimate of drug-likeness (QED) is 0.705. The van der Waals surface area contributed by atoms with Crippen molar-refractivity contribution in [1.29, 1.82) is 5.26 Å². The van der Waals surface area contributed by atoms with Crippen LogP contribution in [0.15, 0.2) is 36.5 Å². The molecular weight excluding hydrogens is 326 g/mol. The van der Waals surface area contributed by atoms with Crippen LogP contribution >= 0.6 is 0 Å². The zero-order valence-corrected chi connectivity index (χ0v) is 14.6.